The largest absolute Gasteiger partial charge is 0.508 e. The molecule has 3 rings (SSSR count). The summed E-state index contributed by atoms with van der Waals surface area (Å²) in [5, 5.41) is 20.5. The predicted molar refractivity (Wildman–Crippen MR) is 111 cm³/mol. The van der Waals surface area contributed by atoms with Crippen LogP contribution in [0.15, 0.2) is 58.6 Å². The Bertz CT molecular complexity index is 1130. The van der Waals surface area contributed by atoms with Gasteiger partial charge in [0.05, 0.1) is 10.6 Å². The van der Waals surface area contributed by atoms with Crippen molar-refractivity contribution < 1.29 is 18.3 Å². The normalized spacial score (nSPS) is 11.4. The Morgan fingerprint density at radius 1 is 1.17 bits per heavy atom. The van der Waals surface area contributed by atoms with Gasteiger partial charge in [-0.2, -0.15) is 0 Å². The van der Waals surface area contributed by atoms with Gasteiger partial charge in [-0.25, -0.2) is 8.42 Å². The topological polar surface area (TPSA) is 114 Å². The molecule has 1 amide bonds. The maximum absolute atomic E-state index is 12.6. The number of nitrogens with zero attached hydrogens (tertiary/aromatic N) is 3. The Morgan fingerprint density at radius 3 is 2.59 bits per heavy atom. The SMILES string of the molecule is Cc1ccc(S(=O)(=O)Cc2nnc(SCC(=O)Nc3cccc(O)c3)n2C)cc1. The number of hydrogen-bond acceptors (Lipinski definition) is 7. The van der Waals surface area contributed by atoms with Crippen molar-refractivity contribution in [1.82, 2.24) is 14.8 Å². The molecule has 3 aromatic rings. The van der Waals surface area contributed by atoms with Gasteiger partial charge in [0, 0.05) is 18.8 Å². The van der Waals surface area contributed by atoms with E-state index >= 15 is 0 Å². The van der Waals surface area contributed by atoms with Crippen molar-refractivity contribution in [3.8, 4) is 5.75 Å². The van der Waals surface area contributed by atoms with Crippen molar-refractivity contribution in [2.45, 2.75) is 22.7 Å². The Labute approximate surface area is 172 Å². The first-order valence-electron chi connectivity index (χ1n) is 8.64. The summed E-state index contributed by atoms with van der Waals surface area (Å²) < 4.78 is 26.8. The van der Waals surface area contributed by atoms with E-state index < -0.39 is 9.84 Å². The average molecular weight is 433 g/mol. The van der Waals surface area contributed by atoms with E-state index in [1.54, 1.807) is 48.0 Å². The fourth-order valence-electron chi connectivity index (χ4n) is 2.51. The van der Waals surface area contributed by atoms with Gasteiger partial charge in [-0.15, -0.1) is 10.2 Å². The maximum Gasteiger partial charge on any atom is 0.234 e. The van der Waals surface area contributed by atoms with Gasteiger partial charge >= 0.3 is 0 Å². The number of thioether (sulfide) groups is 1. The molecular weight excluding hydrogens is 412 g/mol. The van der Waals surface area contributed by atoms with Crippen molar-refractivity contribution >= 4 is 33.2 Å². The summed E-state index contributed by atoms with van der Waals surface area (Å²) in [6, 6.07) is 12.9. The lowest BCUT2D eigenvalue weighted by atomic mass is 10.2. The second kappa shape index (κ2) is 8.66. The summed E-state index contributed by atoms with van der Waals surface area (Å²) in [5.41, 5.74) is 1.46. The second-order valence-corrected chi connectivity index (χ2v) is 9.35. The molecule has 0 aliphatic heterocycles. The van der Waals surface area contributed by atoms with Crippen LogP contribution in [0, 0.1) is 6.92 Å². The summed E-state index contributed by atoms with van der Waals surface area (Å²) in [6.45, 7) is 1.89. The monoisotopic (exact) mass is 432 g/mol. The Balaban J connectivity index is 1.63. The number of benzene rings is 2. The number of aromatic hydroxyl groups is 1. The number of hydrogen-bond donors (Lipinski definition) is 2. The van der Waals surface area contributed by atoms with Crippen LogP contribution in [0.3, 0.4) is 0 Å². The zero-order valence-electron chi connectivity index (χ0n) is 15.9. The molecule has 1 heterocycles. The van der Waals surface area contributed by atoms with Crippen molar-refractivity contribution in [3.05, 3.63) is 59.9 Å². The molecule has 0 saturated heterocycles. The molecule has 2 N–H and O–H groups in total. The van der Waals surface area contributed by atoms with E-state index in [0.29, 0.717) is 16.7 Å². The lowest BCUT2D eigenvalue weighted by Gasteiger charge is -2.07. The van der Waals surface area contributed by atoms with E-state index in [4.69, 9.17) is 0 Å². The van der Waals surface area contributed by atoms with Gasteiger partial charge in [0.15, 0.2) is 15.0 Å². The van der Waals surface area contributed by atoms with Crippen LogP contribution in [0.2, 0.25) is 0 Å². The van der Waals surface area contributed by atoms with Crippen molar-refractivity contribution in [3.63, 3.8) is 0 Å². The summed E-state index contributed by atoms with van der Waals surface area (Å²) in [5.74, 6) is -0.149. The molecule has 0 aliphatic rings. The molecule has 10 heteroatoms. The molecule has 0 fully saturated rings. The molecule has 1 aromatic heterocycles. The summed E-state index contributed by atoms with van der Waals surface area (Å²) in [4.78, 5) is 12.3. The average Bonchev–Trinajstić information content (AvgIpc) is 2.99. The summed E-state index contributed by atoms with van der Waals surface area (Å²) in [6.07, 6.45) is 0. The standard InChI is InChI=1S/C19H20N4O4S2/c1-13-6-8-16(9-7-13)29(26,27)12-17-21-22-19(23(17)2)28-11-18(25)20-14-4-3-5-15(24)10-14/h3-10,24H,11-12H2,1-2H3,(H,20,25). The van der Waals surface area contributed by atoms with Gasteiger partial charge in [-0.05, 0) is 31.2 Å². The molecular formula is C19H20N4O4S2. The van der Waals surface area contributed by atoms with Crippen LogP contribution >= 0.6 is 11.8 Å². The molecule has 0 aliphatic carbocycles. The third-order valence-electron chi connectivity index (χ3n) is 4.09. The van der Waals surface area contributed by atoms with E-state index in [0.717, 1.165) is 17.3 Å². The second-order valence-electron chi connectivity index (χ2n) is 6.42. The molecule has 0 unspecified atom stereocenters. The number of nitrogens with one attached hydrogen (secondary N) is 1. The molecule has 152 valence electrons. The number of aromatic nitrogens is 3. The minimum atomic E-state index is -3.55. The molecule has 0 spiro atoms. The molecule has 29 heavy (non-hydrogen) atoms. The van der Waals surface area contributed by atoms with E-state index in [1.807, 2.05) is 6.92 Å². The van der Waals surface area contributed by atoms with Crippen molar-refractivity contribution in [2.24, 2.45) is 7.05 Å². The van der Waals surface area contributed by atoms with Crippen molar-refractivity contribution in [1.29, 1.82) is 0 Å². The minimum absolute atomic E-state index is 0.0585. The number of anilines is 1. The first-order chi connectivity index (χ1) is 13.7. The quantitative estimate of drug-likeness (QED) is 0.551. The predicted octanol–water partition coefficient (Wildman–Crippen LogP) is 2.53. The molecule has 0 atom stereocenters. The van der Waals surface area contributed by atoms with Crippen LogP contribution in [0.25, 0.3) is 0 Å². The lowest BCUT2D eigenvalue weighted by Crippen LogP contribution is -2.14. The zero-order chi connectivity index (χ0) is 21.0. The lowest BCUT2D eigenvalue weighted by molar-refractivity contribution is -0.113. The Hall–Kier alpha value is -2.85. The summed E-state index contributed by atoms with van der Waals surface area (Å²) >= 11 is 1.14. The molecule has 0 radical (unpaired) electrons. The number of carbonyl (C=O) groups is 1. The molecule has 0 bridgehead atoms. The highest BCUT2D eigenvalue weighted by Gasteiger charge is 2.20. The van der Waals surface area contributed by atoms with Gasteiger partial charge in [-0.3, -0.25) is 4.79 Å². The van der Waals surface area contributed by atoms with Gasteiger partial charge < -0.3 is 15.0 Å². The van der Waals surface area contributed by atoms with E-state index in [9.17, 15) is 18.3 Å². The molecule has 8 nitrogen and oxygen atoms in total. The van der Waals surface area contributed by atoms with Gasteiger partial charge in [0.2, 0.25) is 5.91 Å². The van der Waals surface area contributed by atoms with Gasteiger partial charge in [0.1, 0.15) is 17.3 Å². The summed E-state index contributed by atoms with van der Waals surface area (Å²) in [7, 11) is -1.89. The number of carbonyl (C=O) groups excluding carboxylic acids is 1. The first kappa shape index (κ1) is 20.9. The Kier molecular flexibility index (Phi) is 6.23. The van der Waals surface area contributed by atoms with Gasteiger partial charge in [-0.1, -0.05) is 35.5 Å². The third kappa shape index (κ3) is 5.36. The number of phenolic OH excluding ortho intramolecular Hbond substituents is 1. The molecule has 0 saturated carbocycles. The Morgan fingerprint density at radius 2 is 1.90 bits per heavy atom. The number of amides is 1. The van der Waals surface area contributed by atoms with Crippen LogP contribution < -0.4 is 5.32 Å². The highest BCUT2D eigenvalue weighted by Crippen LogP contribution is 2.21. The van der Waals surface area contributed by atoms with Gasteiger partial charge in [0.25, 0.3) is 0 Å². The van der Waals surface area contributed by atoms with E-state index in [2.05, 4.69) is 15.5 Å². The van der Waals surface area contributed by atoms with Crippen LogP contribution in [-0.2, 0) is 27.4 Å². The van der Waals surface area contributed by atoms with Crippen LogP contribution in [0.5, 0.6) is 5.75 Å². The minimum Gasteiger partial charge on any atom is -0.508 e. The number of aryl methyl sites for hydroxylation is 1. The fraction of sp³-hybridized carbons (Fsp3) is 0.211. The van der Waals surface area contributed by atoms with E-state index in [1.165, 1.54) is 12.1 Å². The van der Waals surface area contributed by atoms with E-state index in [-0.39, 0.29) is 28.1 Å². The fourth-order valence-corrected chi connectivity index (χ4v) is 4.54. The van der Waals surface area contributed by atoms with Crippen LogP contribution in [-0.4, -0.2) is 39.9 Å². The number of phenols is 1. The highest BCUT2D eigenvalue weighted by atomic mass is 32.2. The first-order valence-corrected chi connectivity index (χ1v) is 11.3. The third-order valence-corrected chi connectivity index (χ3v) is 6.74. The number of sulfone groups is 1. The molecule has 2 aromatic carbocycles. The number of rotatable bonds is 7. The smallest absolute Gasteiger partial charge is 0.234 e. The van der Waals surface area contributed by atoms with Crippen molar-refractivity contribution in [2.75, 3.05) is 11.1 Å². The van der Waals surface area contributed by atoms with Crippen LogP contribution in [0.4, 0.5) is 5.69 Å². The maximum atomic E-state index is 12.6. The zero-order valence-corrected chi connectivity index (χ0v) is 17.5. The highest BCUT2D eigenvalue weighted by molar-refractivity contribution is 7.99. The van der Waals surface area contributed by atoms with Crippen LogP contribution in [0.1, 0.15) is 11.4 Å².